The van der Waals surface area contributed by atoms with Gasteiger partial charge in [-0.25, -0.2) is 9.97 Å². The molecule has 0 saturated heterocycles. The summed E-state index contributed by atoms with van der Waals surface area (Å²) in [6, 6.07) is 23.5. The Kier molecular flexibility index (Phi) is 3.84. The van der Waals surface area contributed by atoms with Crippen LogP contribution < -0.4 is 5.32 Å². The first kappa shape index (κ1) is 16.2. The number of hydrogen-bond donors (Lipinski definition) is 2. The standard InChI is InChI=1S/C23H16N4O/c28-14-15-5-8-18(9-6-15)25-23-26-21-4-2-1-3-19(21)22(27-23)17-7-10-20-16(13-17)11-12-24-20/h1-14,24H,(H,25,26,27). The molecule has 0 unspecified atom stereocenters. The smallest absolute Gasteiger partial charge is 0.228 e. The number of aromatic amines is 1. The lowest BCUT2D eigenvalue weighted by molar-refractivity contribution is 0.112. The fourth-order valence-corrected chi connectivity index (χ4v) is 3.33. The molecular weight excluding hydrogens is 348 g/mol. The Bertz CT molecular complexity index is 1310. The Labute approximate surface area is 161 Å². The van der Waals surface area contributed by atoms with Crippen molar-refractivity contribution in [1.82, 2.24) is 15.0 Å². The number of nitrogens with zero attached hydrogens (tertiary/aromatic N) is 2. The zero-order valence-corrected chi connectivity index (χ0v) is 14.9. The van der Waals surface area contributed by atoms with E-state index in [9.17, 15) is 4.79 Å². The average Bonchev–Trinajstić information content (AvgIpc) is 3.21. The number of anilines is 2. The predicted octanol–water partition coefficient (Wildman–Crippen LogP) is 5.33. The minimum absolute atomic E-state index is 0.515. The van der Waals surface area contributed by atoms with Crippen molar-refractivity contribution in [3.8, 4) is 11.3 Å². The molecule has 5 heteroatoms. The molecule has 0 spiro atoms. The van der Waals surface area contributed by atoms with Gasteiger partial charge in [-0.1, -0.05) is 24.3 Å². The zero-order chi connectivity index (χ0) is 18.9. The number of nitrogens with one attached hydrogen (secondary N) is 2. The van der Waals surface area contributed by atoms with Gasteiger partial charge >= 0.3 is 0 Å². The highest BCUT2D eigenvalue weighted by Crippen LogP contribution is 2.30. The highest BCUT2D eigenvalue weighted by Gasteiger charge is 2.11. The van der Waals surface area contributed by atoms with Gasteiger partial charge in [0.05, 0.1) is 11.2 Å². The molecular formula is C23H16N4O. The lowest BCUT2D eigenvalue weighted by Crippen LogP contribution is -2.00. The average molecular weight is 364 g/mol. The van der Waals surface area contributed by atoms with Crippen LogP contribution in [0.3, 0.4) is 0 Å². The highest BCUT2D eigenvalue weighted by molar-refractivity contribution is 5.96. The number of aromatic nitrogens is 3. The molecule has 2 N–H and O–H groups in total. The molecule has 0 saturated carbocycles. The van der Waals surface area contributed by atoms with Gasteiger partial charge < -0.3 is 10.3 Å². The topological polar surface area (TPSA) is 70.7 Å². The second-order valence-corrected chi connectivity index (χ2v) is 6.56. The normalized spacial score (nSPS) is 11.0. The summed E-state index contributed by atoms with van der Waals surface area (Å²) < 4.78 is 0. The van der Waals surface area contributed by atoms with E-state index in [1.807, 2.05) is 42.6 Å². The van der Waals surface area contributed by atoms with E-state index < -0.39 is 0 Å². The van der Waals surface area contributed by atoms with Gasteiger partial charge in [0.1, 0.15) is 6.29 Å². The summed E-state index contributed by atoms with van der Waals surface area (Å²) in [5.41, 5.74) is 5.33. The Balaban J connectivity index is 1.63. The van der Waals surface area contributed by atoms with E-state index in [4.69, 9.17) is 4.98 Å². The van der Waals surface area contributed by atoms with Crippen LogP contribution >= 0.6 is 0 Å². The van der Waals surface area contributed by atoms with Gasteiger partial charge in [0, 0.05) is 39.3 Å². The van der Waals surface area contributed by atoms with E-state index in [-0.39, 0.29) is 0 Å². The summed E-state index contributed by atoms with van der Waals surface area (Å²) in [5, 5.41) is 5.38. The molecule has 134 valence electrons. The molecule has 0 bridgehead atoms. The van der Waals surface area contributed by atoms with Gasteiger partial charge in [0.15, 0.2) is 0 Å². The number of para-hydroxylation sites is 1. The Morgan fingerprint density at radius 1 is 0.893 bits per heavy atom. The highest BCUT2D eigenvalue weighted by atomic mass is 16.1. The first-order chi connectivity index (χ1) is 13.8. The van der Waals surface area contributed by atoms with Crippen LogP contribution in [0.4, 0.5) is 11.6 Å². The van der Waals surface area contributed by atoms with Gasteiger partial charge in [-0.15, -0.1) is 0 Å². The molecule has 0 aliphatic rings. The molecule has 0 aliphatic carbocycles. The Morgan fingerprint density at radius 2 is 1.75 bits per heavy atom. The fraction of sp³-hybridized carbons (Fsp3) is 0. The van der Waals surface area contributed by atoms with Crippen molar-refractivity contribution in [3.05, 3.63) is 84.6 Å². The van der Waals surface area contributed by atoms with Crippen LogP contribution in [0.25, 0.3) is 33.1 Å². The molecule has 0 aliphatic heterocycles. The van der Waals surface area contributed by atoms with E-state index in [1.54, 1.807) is 12.1 Å². The number of aldehydes is 1. The minimum Gasteiger partial charge on any atom is -0.361 e. The van der Waals surface area contributed by atoms with Crippen molar-refractivity contribution >= 4 is 39.7 Å². The fourth-order valence-electron chi connectivity index (χ4n) is 3.33. The number of H-pyrrole nitrogens is 1. The van der Waals surface area contributed by atoms with Crippen molar-refractivity contribution in [2.45, 2.75) is 0 Å². The van der Waals surface area contributed by atoms with Crippen molar-refractivity contribution in [3.63, 3.8) is 0 Å². The SMILES string of the molecule is O=Cc1ccc(Nc2nc(-c3ccc4[nH]ccc4c3)c3ccccc3n2)cc1. The molecule has 0 fully saturated rings. The maximum atomic E-state index is 10.9. The Morgan fingerprint density at radius 3 is 2.61 bits per heavy atom. The van der Waals surface area contributed by atoms with Crippen LogP contribution in [0.15, 0.2) is 79.0 Å². The third kappa shape index (κ3) is 2.89. The van der Waals surface area contributed by atoms with Gasteiger partial charge in [0.25, 0.3) is 0 Å². The van der Waals surface area contributed by atoms with Crippen molar-refractivity contribution in [2.75, 3.05) is 5.32 Å². The molecule has 0 atom stereocenters. The van der Waals surface area contributed by atoms with E-state index >= 15 is 0 Å². The first-order valence-electron chi connectivity index (χ1n) is 8.97. The summed E-state index contributed by atoms with van der Waals surface area (Å²) in [7, 11) is 0. The third-order valence-corrected chi connectivity index (χ3v) is 4.73. The second-order valence-electron chi connectivity index (χ2n) is 6.56. The molecule has 5 aromatic rings. The van der Waals surface area contributed by atoms with Crippen LogP contribution in [-0.4, -0.2) is 21.2 Å². The number of benzene rings is 3. The van der Waals surface area contributed by atoms with E-state index in [0.29, 0.717) is 11.5 Å². The van der Waals surface area contributed by atoms with Gasteiger partial charge in [0.2, 0.25) is 5.95 Å². The molecule has 2 heterocycles. The molecule has 5 rings (SSSR count). The molecule has 2 aromatic heterocycles. The van der Waals surface area contributed by atoms with E-state index in [1.165, 1.54) is 0 Å². The number of fused-ring (bicyclic) bond motifs is 2. The first-order valence-corrected chi connectivity index (χ1v) is 8.97. The van der Waals surface area contributed by atoms with Gasteiger partial charge in [-0.3, -0.25) is 4.79 Å². The zero-order valence-electron chi connectivity index (χ0n) is 14.9. The van der Waals surface area contributed by atoms with Crippen molar-refractivity contribution in [2.24, 2.45) is 0 Å². The van der Waals surface area contributed by atoms with Crippen molar-refractivity contribution < 1.29 is 4.79 Å². The summed E-state index contributed by atoms with van der Waals surface area (Å²) >= 11 is 0. The predicted molar refractivity (Wildman–Crippen MR) is 112 cm³/mol. The lowest BCUT2D eigenvalue weighted by atomic mass is 10.0. The number of hydrogen-bond acceptors (Lipinski definition) is 4. The van der Waals surface area contributed by atoms with Crippen molar-refractivity contribution in [1.29, 1.82) is 0 Å². The summed E-state index contributed by atoms with van der Waals surface area (Å²) in [5.74, 6) is 0.515. The van der Waals surface area contributed by atoms with Gasteiger partial charge in [-0.05, 0) is 48.5 Å². The molecule has 3 aromatic carbocycles. The molecule has 28 heavy (non-hydrogen) atoms. The molecule has 0 amide bonds. The third-order valence-electron chi connectivity index (χ3n) is 4.73. The van der Waals surface area contributed by atoms with Crippen LogP contribution in [-0.2, 0) is 0 Å². The number of rotatable bonds is 4. The van der Waals surface area contributed by atoms with Gasteiger partial charge in [-0.2, -0.15) is 0 Å². The van der Waals surface area contributed by atoms with E-state index in [2.05, 4.69) is 39.6 Å². The van der Waals surface area contributed by atoms with Crippen LogP contribution in [0, 0.1) is 0 Å². The maximum absolute atomic E-state index is 10.9. The maximum Gasteiger partial charge on any atom is 0.228 e. The Hall–Kier alpha value is -3.99. The van der Waals surface area contributed by atoms with Crippen LogP contribution in [0.1, 0.15) is 10.4 Å². The lowest BCUT2D eigenvalue weighted by Gasteiger charge is -2.11. The molecule has 0 radical (unpaired) electrons. The largest absolute Gasteiger partial charge is 0.361 e. The summed E-state index contributed by atoms with van der Waals surface area (Å²) in [6.07, 6.45) is 2.76. The second kappa shape index (κ2) is 6.63. The molecule has 5 nitrogen and oxygen atoms in total. The summed E-state index contributed by atoms with van der Waals surface area (Å²) in [4.78, 5) is 23.5. The van der Waals surface area contributed by atoms with Crippen LogP contribution in [0.2, 0.25) is 0 Å². The number of carbonyl (C=O) groups excluding carboxylic acids is 1. The minimum atomic E-state index is 0.515. The van der Waals surface area contributed by atoms with Crippen LogP contribution in [0.5, 0.6) is 0 Å². The van der Waals surface area contributed by atoms with E-state index in [0.717, 1.165) is 45.0 Å². The number of carbonyl (C=O) groups is 1. The quantitative estimate of drug-likeness (QED) is 0.423. The summed E-state index contributed by atoms with van der Waals surface area (Å²) in [6.45, 7) is 0. The monoisotopic (exact) mass is 364 g/mol.